The maximum Gasteiger partial charge on any atom is 0.241 e. The summed E-state index contributed by atoms with van der Waals surface area (Å²) in [6.45, 7) is 28.7. The van der Waals surface area contributed by atoms with Crippen molar-refractivity contribution in [1.82, 2.24) is 48.9 Å². The van der Waals surface area contributed by atoms with Gasteiger partial charge in [-0.1, -0.05) is 56.9 Å². The van der Waals surface area contributed by atoms with E-state index in [4.69, 9.17) is 53.1 Å². The van der Waals surface area contributed by atoms with Gasteiger partial charge in [0, 0.05) is 6.42 Å². The smallest absolute Gasteiger partial charge is 0.241 e. The number of carbonyl (C=O) groups is 2. The lowest BCUT2D eigenvalue weighted by molar-refractivity contribution is -0.165. The molecule has 6 aromatic heterocycles. The zero-order valence-corrected chi connectivity index (χ0v) is 63.0. The second-order valence-corrected chi connectivity index (χ2v) is 32.4. The highest BCUT2D eigenvalue weighted by atomic mass is 19.2. The Hall–Kier alpha value is -7.39. The summed E-state index contributed by atoms with van der Waals surface area (Å²) >= 11 is 0. The van der Waals surface area contributed by atoms with Gasteiger partial charge in [0.2, 0.25) is 17.8 Å². The number of H-pyrrole nitrogens is 1. The normalized spacial score (nSPS) is 36.0. The molecule has 6 N–H and O–H groups in total. The van der Waals surface area contributed by atoms with E-state index in [0.717, 1.165) is 44.1 Å². The van der Waals surface area contributed by atoms with Crippen LogP contribution >= 0.6 is 0 Å². The number of Topliss-reactive ketones (excluding diaryl/α,β-unsaturated/α-hetero) is 1. The summed E-state index contributed by atoms with van der Waals surface area (Å²) in [7, 11) is 0. The highest BCUT2D eigenvalue weighted by Crippen LogP contribution is 2.50. The summed E-state index contributed by atoms with van der Waals surface area (Å²) in [6.07, 6.45) is 12.7. The van der Waals surface area contributed by atoms with Crippen LogP contribution in [0.3, 0.4) is 0 Å². The third kappa shape index (κ3) is 17.1. The van der Waals surface area contributed by atoms with Crippen LogP contribution in [0.2, 0.25) is 0 Å². The van der Waals surface area contributed by atoms with Gasteiger partial charge in [0.25, 0.3) is 0 Å². The number of aliphatic hydroxyl groups is 3. The van der Waals surface area contributed by atoms with Crippen molar-refractivity contribution in [2.45, 2.75) is 297 Å². The summed E-state index contributed by atoms with van der Waals surface area (Å²) in [5, 5.41) is 29.5. The molecule has 23 atom stereocenters. The molecule has 19 rings (SSSR count). The molecule has 2 unspecified atom stereocenters. The Balaban J connectivity index is 0.000000141. The molecule has 5 saturated carbocycles. The van der Waals surface area contributed by atoms with E-state index in [1.165, 1.54) is 31.4 Å². The number of ketones is 2. The number of fused-ring (bicyclic) bond motifs is 9. The number of aliphatic imine (C=N–C) groups is 2. The molecule has 0 aromatic carbocycles. The molecule has 0 amide bonds. The van der Waals surface area contributed by atoms with Crippen LogP contribution in [0.25, 0.3) is 33.1 Å². The Kier molecular flexibility index (Phi) is 25.4. The first kappa shape index (κ1) is 87.0. The summed E-state index contributed by atoms with van der Waals surface area (Å²) in [5.41, 5.74) is 5.89. The number of aromatic nitrogens is 9. The van der Waals surface area contributed by atoms with Crippen molar-refractivity contribution in [3.8, 4) is 0 Å². The molecule has 6 aromatic rings. The minimum atomic E-state index is -0.909. The van der Waals surface area contributed by atoms with Gasteiger partial charge in [-0.2, -0.15) is 13.2 Å². The number of hydrogen-bond acceptors (Lipinski definition) is 25. The van der Waals surface area contributed by atoms with Gasteiger partial charge in [-0.05, 0) is 137 Å². The third-order valence-corrected chi connectivity index (χ3v) is 21.9. The van der Waals surface area contributed by atoms with Crippen LogP contribution in [-0.2, 0) is 57.0 Å². The average Bonchev–Trinajstić information content (AvgIpc) is 1.58. The van der Waals surface area contributed by atoms with E-state index in [9.17, 15) is 55.6 Å². The van der Waals surface area contributed by atoms with Crippen molar-refractivity contribution in [2.75, 3.05) is 0 Å². The first-order chi connectivity index (χ1) is 51.1. The monoisotopic (exact) mass is 1590 g/mol. The summed E-state index contributed by atoms with van der Waals surface area (Å²) in [4.78, 5) is 56.0. The van der Waals surface area contributed by atoms with E-state index in [1.54, 1.807) is 20.1 Å². The van der Waals surface area contributed by atoms with Gasteiger partial charge in [0.15, 0.2) is 64.1 Å². The van der Waals surface area contributed by atoms with Gasteiger partial charge in [-0.15, -0.1) is 0 Å². The molecule has 35 heteroatoms. The molecule has 5 saturated heterocycles. The molecule has 13 heterocycles. The van der Waals surface area contributed by atoms with E-state index in [2.05, 4.69) is 65.6 Å². The maximum atomic E-state index is 14.1. The second-order valence-electron chi connectivity index (χ2n) is 32.4. The maximum absolute atomic E-state index is 14.1. The minimum Gasteiger partial charge on any atom is -0.390 e. The molecule has 618 valence electrons. The number of nitrogens with zero attached hydrogens (tertiary/aromatic N) is 11. The summed E-state index contributed by atoms with van der Waals surface area (Å²) in [6, 6.07) is -1.82. The van der Waals surface area contributed by atoms with Crippen molar-refractivity contribution < 1.29 is 103 Å². The van der Waals surface area contributed by atoms with Crippen LogP contribution in [0.1, 0.15) is 170 Å². The Morgan fingerprint density at radius 3 is 1.54 bits per heavy atom. The molecular formula is C77H106F7N13O15. The molecule has 0 spiro atoms. The number of pyridine rings is 3. The third-order valence-electron chi connectivity index (χ3n) is 21.9. The van der Waals surface area contributed by atoms with Gasteiger partial charge >= 0.3 is 0 Å². The number of nitrogens with two attached hydrogens (primary N) is 1. The van der Waals surface area contributed by atoms with E-state index in [-0.39, 0.29) is 176 Å². The number of halogens is 7. The molecule has 13 aliphatic rings. The lowest BCUT2D eigenvalue weighted by Gasteiger charge is -2.34. The Morgan fingerprint density at radius 1 is 0.500 bits per heavy atom. The zero-order valence-electron chi connectivity index (χ0n) is 63.0. The fourth-order valence-corrected chi connectivity index (χ4v) is 17.0. The van der Waals surface area contributed by atoms with E-state index < -0.39 is 94.3 Å². The standard InChI is InChI=1S/2C15H17F2N3O2.C12H17FN4O2.C9H16O3.C9H14O3.C8H10O3.C6H3F2N3.3CH4/c1-7-4-9(13-12(7)21-15(2,3)22-13)20-6-19-10-11(20)8(16)5-18-14(10)17;1-7-4-9(13-12(7)21-15(2,3)22-13)20-6-19-10-8(16)5-18-14(17)11(10)20;1-5-2-7(11(19)10(5)18)17-4-16-8-9(17)6(13)3-15-12(8)14;2*1-5-4-6(10)8-7(5)11-9(2,3)12-8;1-8(2)10-6-4-3-5(9)7(6)11-8;7-3-1-9-6(8)5-4(3)10-2-11-5;;;/h2*5-7,9,12-13H,4H2,1-3H3;3-5,7-11,18-19H,2H2,1H3,(H2,14,15);5-8,10H,4H2,1-3H3;5,7-8H,4H2,1-3H3;3-4,6-7H,1-2H3;1-2H,(H,10,11);3*1H4/t2*7-,9+,12+,13-;5-,7+,8?,9?,10+,11-;5-,6-,7+,8-;5-,7+,8-;6-,7+;;;;/m000001..../s1. The van der Waals surface area contributed by atoms with Crippen molar-refractivity contribution >= 4 is 56.8 Å². The minimum absolute atomic E-state index is 0. The van der Waals surface area contributed by atoms with Crippen molar-refractivity contribution in [1.29, 1.82) is 0 Å². The highest BCUT2D eigenvalue weighted by molar-refractivity contribution is 5.97. The van der Waals surface area contributed by atoms with Crippen molar-refractivity contribution in [3.05, 3.63) is 97.0 Å². The van der Waals surface area contributed by atoms with Gasteiger partial charge in [0.1, 0.15) is 93.5 Å². The van der Waals surface area contributed by atoms with Crippen molar-refractivity contribution in [3.63, 3.8) is 0 Å². The Labute approximate surface area is 645 Å². The van der Waals surface area contributed by atoms with Crippen LogP contribution < -0.4 is 5.73 Å². The van der Waals surface area contributed by atoms with E-state index >= 15 is 0 Å². The lowest BCUT2D eigenvalue weighted by Crippen LogP contribution is -2.51. The van der Waals surface area contributed by atoms with Gasteiger partial charge in [-0.25, -0.2) is 52.5 Å². The van der Waals surface area contributed by atoms with Crippen LogP contribution in [0.4, 0.5) is 30.7 Å². The molecule has 0 bridgehead atoms. The molecule has 112 heavy (non-hydrogen) atoms. The van der Waals surface area contributed by atoms with Crippen molar-refractivity contribution in [2.24, 2.45) is 45.3 Å². The molecule has 7 aliphatic heterocycles. The Morgan fingerprint density at radius 2 is 0.982 bits per heavy atom. The van der Waals surface area contributed by atoms with E-state index in [1.807, 2.05) is 83.1 Å². The lowest BCUT2D eigenvalue weighted by atomic mass is 10.0. The SMILES string of the molecule is C.C.C.CC1(C)O[C@@H]2C=CC(=O)[C@@H]2O1.C[C@H]1CC(=O)[C@@H]2OC(C)(C)O[C@H]12.C[C@H]1C[C@@H](N2C=NC3C(N)=NC=C(F)C32)[C@H](O)[C@@H]1O.C[C@H]1C[C@@H](n2cnc3c(F)cnc(F)c32)[C@@H]2OC(C)(C)O[C@@H]21.C[C@H]1C[C@@H](n2cnc3c(F)ncc(F)c32)[C@@H]2OC(C)(C)O[C@@H]21.C[C@H]1C[C@H](O)[C@@H]2OC(C)(C)O[C@@H]21.Fc1cnc(F)c2[nH]cnc12. The fraction of sp³-hybridized carbons (Fsp3) is 0.662. The second kappa shape index (κ2) is 32.7. The molecule has 28 nitrogen and oxygen atoms in total. The number of aromatic amines is 1. The summed E-state index contributed by atoms with van der Waals surface area (Å²) < 4.78 is 155. The Bertz CT molecular complexity index is 4340. The number of carbonyl (C=O) groups excluding carboxylic acids is 2. The topological polar surface area (TPSA) is 344 Å². The van der Waals surface area contributed by atoms with Gasteiger partial charge < -0.3 is 87.4 Å². The number of ether oxygens (including phenoxy) is 10. The van der Waals surface area contributed by atoms with Gasteiger partial charge in [-0.3, -0.25) is 14.6 Å². The number of imidazole rings is 3. The zero-order chi connectivity index (χ0) is 78.8. The predicted octanol–water partition coefficient (Wildman–Crippen LogP) is 10.8. The summed E-state index contributed by atoms with van der Waals surface area (Å²) in [5.74, 6) is -5.78. The average molecular weight is 1590 g/mol. The largest absolute Gasteiger partial charge is 0.390 e. The number of nitrogens with one attached hydrogen (secondary N) is 1. The van der Waals surface area contributed by atoms with Crippen LogP contribution in [-0.4, -0.2) is 214 Å². The number of hydrogen-bond donors (Lipinski definition) is 5. The number of rotatable bonds is 3. The van der Waals surface area contributed by atoms with Crippen LogP contribution in [0, 0.1) is 64.9 Å². The predicted molar refractivity (Wildman–Crippen MR) is 395 cm³/mol. The number of aliphatic hydroxyl groups excluding tert-OH is 3. The van der Waals surface area contributed by atoms with Crippen LogP contribution in [0.15, 0.2) is 71.7 Å². The van der Waals surface area contributed by atoms with Gasteiger partial charge in [0.05, 0.1) is 105 Å². The van der Waals surface area contributed by atoms with E-state index in [0.29, 0.717) is 24.7 Å². The van der Waals surface area contributed by atoms with Crippen LogP contribution in [0.5, 0.6) is 0 Å². The first-order valence-corrected chi connectivity index (χ1v) is 36.6. The molecule has 0 radical (unpaired) electrons. The quantitative estimate of drug-likeness (QED) is 0.0812. The molecular weight excluding hydrogens is 1480 g/mol. The molecule has 10 fully saturated rings. The first-order valence-electron chi connectivity index (χ1n) is 36.6. The molecule has 6 aliphatic carbocycles. The highest BCUT2D eigenvalue weighted by Gasteiger charge is 2.57. The number of amidine groups is 1. The fourth-order valence-electron chi connectivity index (χ4n) is 17.0.